The van der Waals surface area contributed by atoms with Gasteiger partial charge in [0.2, 0.25) is 5.91 Å². The maximum atomic E-state index is 11.9. The number of halogens is 1. The number of hydrogen-bond donors (Lipinski definition) is 2. The van der Waals surface area contributed by atoms with Gasteiger partial charge < -0.3 is 15.5 Å². The molecule has 2 fully saturated rings. The van der Waals surface area contributed by atoms with Gasteiger partial charge in [0.15, 0.2) is 5.96 Å². The summed E-state index contributed by atoms with van der Waals surface area (Å²) in [6.07, 6.45) is 5.03. The van der Waals surface area contributed by atoms with Crippen molar-refractivity contribution in [1.82, 2.24) is 20.4 Å². The molecule has 2 atom stereocenters. The van der Waals surface area contributed by atoms with Crippen LogP contribution < -0.4 is 10.6 Å². The third kappa shape index (κ3) is 7.42. The minimum Gasteiger partial charge on any atom is -0.355 e. The van der Waals surface area contributed by atoms with Crippen LogP contribution >= 0.6 is 35.7 Å². The molecule has 0 radical (unpaired) electrons. The van der Waals surface area contributed by atoms with Gasteiger partial charge in [0.25, 0.3) is 0 Å². The highest BCUT2D eigenvalue weighted by molar-refractivity contribution is 14.0. The first-order valence-corrected chi connectivity index (χ1v) is 10.5. The Balaban J connectivity index is 0.00000338. The molecule has 2 N–H and O–H groups in total. The monoisotopic (exact) mass is 497 g/mol. The van der Waals surface area contributed by atoms with E-state index in [9.17, 15) is 4.79 Å². The highest BCUT2D eigenvalue weighted by atomic mass is 127. The first-order chi connectivity index (χ1) is 11.9. The van der Waals surface area contributed by atoms with Crippen molar-refractivity contribution in [3.05, 3.63) is 0 Å². The van der Waals surface area contributed by atoms with E-state index in [0.717, 1.165) is 25.6 Å². The summed E-state index contributed by atoms with van der Waals surface area (Å²) in [5, 5.41) is 6.96. The van der Waals surface area contributed by atoms with Crippen LogP contribution in [0.25, 0.3) is 0 Å². The number of thioether (sulfide) groups is 1. The van der Waals surface area contributed by atoms with Crippen molar-refractivity contribution in [1.29, 1.82) is 0 Å². The smallest absolute Gasteiger partial charge is 0.243 e. The van der Waals surface area contributed by atoms with Gasteiger partial charge in [-0.25, -0.2) is 4.99 Å². The summed E-state index contributed by atoms with van der Waals surface area (Å²) in [5.74, 6) is 2.04. The van der Waals surface area contributed by atoms with Crippen LogP contribution in [0.15, 0.2) is 4.99 Å². The second kappa shape index (κ2) is 11.6. The van der Waals surface area contributed by atoms with Crippen LogP contribution in [0.2, 0.25) is 0 Å². The number of nitrogens with one attached hydrogen (secondary N) is 2. The highest BCUT2D eigenvalue weighted by Crippen LogP contribution is 2.36. The maximum Gasteiger partial charge on any atom is 0.243 e. The molecule has 0 spiro atoms. The highest BCUT2D eigenvalue weighted by Gasteiger charge is 2.29. The summed E-state index contributed by atoms with van der Waals surface area (Å²) in [4.78, 5) is 20.5. The van der Waals surface area contributed by atoms with E-state index in [1.807, 2.05) is 11.8 Å². The summed E-state index contributed by atoms with van der Waals surface area (Å²) >= 11 is 2.03. The van der Waals surface area contributed by atoms with E-state index in [4.69, 9.17) is 0 Å². The minimum atomic E-state index is 0. The van der Waals surface area contributed by atoms with Crippen LogP contribution in [-0.2, 0) is 4.79 Å². The predicted octanol–water partition coefficient (Wildman–Crippen LogP) is 2.00. The number of nitrogens with zero attached hydrogens (tertiary/aromatic N) is 3. The Hall–Kier alpha value is -0.220. The lowest BCUT2D eigenvalue weighted by Crippen LogP contribution is -2.48. The van der Waals surface area contributed by atoms with E-state index < -0.39 is 0 Å². The van der Waals surface area contributed by atoms with Crippen LogP contribution in [-0.4, -0.2) is 85.0 Å². The summed E-state index contributed by atoms with van der Waals surface area (Å²) in [6, 6.07) is 0.568. The Kier molecular flexibility index (Phi) is 10.6. The largest absolute Gasteiger partial charge is 0.355 e. The molecular weight excluding hydrogens is 461 g/mol. The molecule has 152 valence electrons. The molecule has 6 nitrogen and oxygen atoms in total. The number of likely N-dealkylation sites (N-methyl/N-ethyl adjacent to an activating group) is 2. The molecule has 2 saturated heterocycles. The number of guanidine groups is 1. The second-order valence-corrected chi connectivity index (χ2v) is 9.20. The lowest BCUT2D eigenvalue weighted by Gasteiger charge is -2.27. The maximum absolute atomic E-state index is 11.9. The summed E-state index contributed by atoms with van der Waals surface area (Å²) < 4.78 is 0.275. The van der Waals surface area contributed by atoms with E-state index in [1.54, 1.807) is 19.0 Å². The van der Waals surface area contributed by atoms with Crippen LogP contribution in [0.4, 0.5) is 0 Å². The summed E-state index contributed by atoms with van der Waals surface area (Å²) in [7, 11) is 3.54. The van der Waals surface area contributed by atoms with Crippen molar-refractivity contribution in [2.24, 2.45) is 4.99 Å². The molecule has 2 aliphatic rings. The molecule has 0 aromatic heterocycles. The van der Waals surface area contributed by atoms with Crippen molar-refractivity contribution in [3.8, 4) is 0 Å². The Morgan fingerprint density at radius 3 is 2.73 bits per heavy atom. The number of amides is 1. The number of carbonyl (C=O) groups excluding carboxylic acids is 1. The fourth-order valence-corrected chi connectivity index (χ4v) is 4.71. The molecule has 1 amide bonds. The van der Waals surface area contributed by atoms with Crippen LogP contribution in [0, 0.1) is 0 Å². The Labute approximate surface area is 180 Å². The van der Waals surface area contributed by atoms with Gasteiger partial charge >= 0.3 is 0 Å². The molecule has 0 aliphatic carbocycles. The first kappa shape index (κ1) is 23.8. The van der Waals surface area contributed by atoms with Gasteiger partial charge in [0, 0.05) is 38.0 Å². The van der Waals surface area contributed by atoms with Gasteiger partial charge in [-0.3, -0.25) is 9.69 Å². The van der Waals surface area contributed by atoms with E-state index in [1.165, 1.54) is 38.0 Å². The summed E-state index contributed by atoms with van der Waals surface area (Å²) in [6.45, 7) is 8.79. The van der Waals surface area contributed by atoms with Gasteiger partial charge in [-0.1, -0.05) is 6.92 Å². The van der Waals surface area contributed by atoms with Crippen molar-refractivity contribution >= 4 is 47.6 Å². The second-order valence-electron chi connectivity index (χ2n) is 7.51. The third-order valence-electron chi connectivity index (χ3n) is 5.21. The van der Waals surface area contributed by atoms with Gasteiger partial charge in [-0.2, -0.15) is 11.8 Å². The molecule has 2 rings (SSSR count). The number of likely N-dealkylation sites (tertiary alicyclic amines) is 1. The van der Waals surface area contributed by atoms with Gasteiger partial charge in [0.05, 0.1) is 0 Å². The van der Waals surface area contributed by atoms with Crippen molar-refractivity contribution in [2.75, 3.05) is 52.6 Å². The topological polar surface area (TPSA) is 60.0 Å². The molecule has 2 aliphatic heterocycles. The average molecular weight is 497 g/mol. The number of rotatable bonds is 7. The van der Waals surface area contributed by atoms with Gasteiger partial charge in [0.1, 0.15) is 6.54 Å². The number of hydrogen-bond acceptors (Lipinski definition) is 4. The van der Waals surface area contributed by atoms with Crippen molar-refractivity contribution in [2.45, 2.75) is 50.3 Å². The SMILES string of the molecule is CCN1CCCC1CNC(=NCC(=O)N(C)C)NCC1(C)CCCS1.I. The Morgan fingerprint density at radius 2 is 2.12 bits per heavy atom. The molecule has 2 unspecified atom stereocenters. The molecule has 8 heteroatoms. The number of aliphatic imine (C=N–C) groups is 1. The van der Waals surface area contributed by atoms with Crippen LogP contribution in [0.5, 0.6) is 0 Å². The Bertz CT molecular complexity index is 468. The third-order valence-corrected chi connectivity index (χ3v) is 6.75. The standard InChI is InChI=1S/C18H35N5OS.HI/c1-5-23-10-6-8-15(23)12-19-17(20-13-16(24)22(3)4)21-14-18(2)9-7-11-25-18;/h15H,5-14H2,1-4H3,(H2,19,20,21);1H. The van der Waals surface area contributed by atoms with E-state index in [-0.39, 0.29) is 41.2 Å². The molecule has 0 aromatic carbocycles. The molecule has 0 bridgehead atoms. The molecule has 0 saturated carbocycles. The van der Waals surface area contributed by atoms with E-state index >= 15 is 0 Å². The van der Waals surface area contributed by atoms with Crippen molar-refractivity contribution < 1.29 is 4.79 Å². The fourth-order valence-electron chi connectivity index (χ4n) is 3.47. The normalized spacial score (nSPS) is 26.5. The summed E-state index contributed by atoms with van der Waals surface area (Å²) in [5.41, 5.74) is 0. The fraction of sp³-hybridized carbons (Fsp3) is 0.889. The van der Waals surface area contributed by atoms with Gasteiger partial charge in [-0.15, -0.1) is 24.0 Å². The zero-order chi connectivity index (χ0) is 18.3. The van der Waals surface area contributed by atoms with E-state index in [0.29, 0.717) is 6.04 Å². The molecule has 2 heterocycles. The zero-order valence-corrected chi connectivity index (χ0v) is 19.9. The van der Waals surface area contributed by atoms with Crippen molar-refractivity contribution in [3.63, 3.8) is 0 Å². The first-order valence-electron chi connectivity index (χ1n) is 9.54. The van der Waals surface area contributed by atoms with Crippen LogP contribution in [0.3, 0.4) is 0 Å². The predicted molar refractivity (Wildman–Crippen MR) is 123 cm³/mol. The average Bonchev–Trinajstić information content (AvgIpc) is 3.22. The van der Waals surface area contributed by atoms with Gasteiger partial charge in [-0.05, 0) is 51.4 Å². The van der Waals surface area contributed by atoms with Crippen LogP contribution in [0.1, 0.15) is 39.5 Å². The quantitative estimate of drug-likeness (QED) is 0.320. The molecule has 0 aromatic rings. The zero-order valence-electron chi connectivity index (χ0n) is 16.7. The number of carbonyl (C=O) groups is 1. The lowest BCUT2D eigenvalue weighted by molar-refractivity contribution is -0.127. The minimum absolute atomic E-state index is 0. The Morgan fingerprint density at radius 1 is 1.35 bits per heavy atom. The molecular formula is C18H36IN5OS. The van der Waals surface area contributed by atoms with E-state index in [2.05, 4.69) is 34.4 Å². The molecule has 26 heavy (non-hydrogen) atoms. The lowest BCUT2D eigenvalue weighted by atomic mass is 10.1.